The second-order valence-corrected chi connectivity index (χ2v) is 7.82. The summed E-state index contributed by atoms with van der Waals surface area (Å²) in [6.07, 6.45) is 0. The lowest BCUT2D eigenvalue weighted by Crippen LogP contribution is -2.44. The highest BCUT2D eigenvalue weighted by molar-refractivity contribution is 7.10. The number of nitrogens with zero attached hydrogens (tertiary/aromatic N) is 1. The van der Waals surface area contributed by atoms with Gasteiger partial charge in [0.05, 0.1) is 32.9 Å². The Morgan fingerprint density at radius 1 is 1.10 bits per heavy atom. The Morgan fingerprint density at radius 2 is 1.90 bits per heavy atom. The van der Waals surface area contributed by atoms with Gasteiger partial charge in [-0.3, -0.25) is 0 Å². The zero-order valence-electron chi connectivity index (χ0n) is 17.6. The van der Waals surface area contributed by atoms with Gasteiger partial charge in [0.25, 0.3) is 0 Å². The van der Waals surface area contributed by atoms with E-state index in [0.717, 1.165) is 22.5 Å². The van der Waals surface area contributed by atoms with Crippen molar-refractivity contribution in [2.24, 2.45) is 4.99 Å². The Hall–Kier alpha value is -1.93. The maximum Gasteiger partial charge on any atom is 0.191 e. The van der Waals surface area contributed by atoms with Crippen LogP contribution in [0, 0.1) is 0 Å². The molecule has 0 radical (unpaired) electrons. The Labute approximate surface area is 178 Å². The molecule has 0 fully saturated rings. The second-order valence-electron chi connectivity index (χ2n) is 6.87. The molecule has 1 atom stereocenters. The van der Waals surface area contributed by atoms with Crippen LogP contribution in [-0.4, -0.2) is 44.0 Å². The molecule has 2 rings (SSSR count). The lowest BCUT2D eigenvalue weighted by Gasteiger charge is -2.23. The number of hydrogen-bond donors (Lipinski definition) is 3. The third kappa shape index (κ3) is 8.53. The number of guanidine groups is 1. The van der Waals surface area contributed by atoms with E-state index in [0.29, 0.717) is 45.5 Å². The largest absolute Gasteiger partial charge is 0.383 e. The molecule has 29 heavy (non-hydrogen) atoms. The molecule has 3 N–H and O–H groups in total. The van der Waals surface area contributed by atoms with Gasteiger partial charge in [0, 0.05) is 18.0 Å². The quantitative estimate of drug-likeness (QED) is 0.280. The average molecular weight is 420 g/mol. The van der Waals surface area contributed by atoms with Crippen LogP contribution >= 0.6 is 11.3 Å². The highest BCUT2D eigenvalue weighted by Crippen LogP contribution is 2.24. The number of rotatable bonds is 12. The molecule has 1 heterocycles. The number of ether oxygens (including phenoxy) is 2. The van der Waals surface area contributed by atoms with Crippen molar-refractivity contribution < 1.29 is 14.6 Å². The molecule has 0 spiro atoms. The normalized spacial score (nSPS) is 13.9. The van der Waals surface area contributed by atoms with Crippen molar-refractivity contribution in [3.63, 3.8) is 0 Å². The summed E-state index contributed by atoms with van der Waals surface area (Å²) in [7, 11) is 0. The van der Waals surface area contributed by atoms with Gasteiger partial charge in [-0.15, -0.1) is 11.3 Å². The van der Waals surface area contributed by atoms with Crippen LogP contribution < -0.4 is 10.6 Å². The first kappa shape index (κ1) is 23.3. The lowest BCUT2D eigenvalue weighted by molar-refractivity contribution is 0.0453. The first-order valence-electron chi connectivity index (χ1n) is 10.1. The molecule has 0 bridgehead atoms. The van der Waals surface area contributed by atoms with Crippen molar-refractivity contribution in [3.8, 4) is 0 Å². The summed E-state index contributed by atoms with van der Waals surface area (Å²) < 4.78 is 10.9. The summed E-state index contributed by atoms with van der Waals surface area (Å²) in [4.78, 5) is 5.58. The van der Waals surface area contributed by atoms with Gasteiger partial charge in [0.1, 0.15) is 5.60 Å². The van der Waals surface area contributed by atoms with Gasteiger partial charge < -0.3 is 25.2 Å². The monoisotopic (exact) mass is 419 g/mol. The highest BCUT2D eigenvalue weighted by Gasteiger charge is 2.24. The van der Waals surface area contributed by atoms with Gasteiger partial charge >= 0.3 is 0 Å². The maximum atomic E-state index is 10.7. The van der Waals surface area contributed by atoms with Crippen molar-refractivity contribution in [2.45, 2.75) is 39.5 Å². The molecule has 1 aromatic carbocycles. The molecule has 1 unspecified atom stereocenters. The van der Waals surface area contributed by atoms with E-state index in [4.69, 9.17) is 9.47 Å². The van der Waals surface area contributed by atoms with Crippen LogP contribution in [0.1, 0.15) is 36.8 Å². The van der Waals surface area contributed by atoms with Crippen LogP contribution in [-0.2, 0) is 28.2 Å². The van der Waals surface area contributed by atoms with Crippen molar-refractivity contribution in [1.29, 1.82) is 0 Å². The first-order valence-corrected chi connectivity index (χ1v) is 10.9. The van der Waals surface area contributed by atoms with Crippen LogP contribution in [0.2, 0.25) is 0 Å². The number of aliphatic hydroxyl groups is 1. The molecule has 0 saturated carbocycles. The molecule has 0 saturated heterocycles. The van der Waals surface area contributed by atoms with Gasteiger partial charge in [-0.2, -0.15) is 0 Å². The number of nitrogens with one attached hydrogen (secondary N) is 2. The Bertz CT molecular complexity index is 733. The molecule has 2 aromatic rings. The van der Waals surface area contributed by atoms with E-state index >= 15 is 0 Å². The summed E-state index contributed by atoms with van der Waals surface area (Å²) in [5, 5.41) is 19.1. The van der Waals surface area contributed by atoms with Gasteiger partial charge in [-0.1, -0.05) is 30.3 Å². The van der Waals surface area contributed by atoms with E-state index in [-0.39, 0.29) is 0 Å². The Morgan fingerprint density at radius 3 is 2.62 bits per heavy atom. The zero-order chi connectivity index (χ0) is 21.0. The van der Waals surface area contributed by atoms with Crippen LogP contribution in [0.3, 0.4) is 0 Å². The fourth-order valence-corrected chi connectivity index (χ4v) is 3.50. The van der Waals surface area contributed by atoms with Gasteiger partial charge in [-0.05, 0) is 43.3 Å². The van der Waals surface area contributed by atoms with Crippen LogP contribution in [0.25, 0.3) is 0 Å². The molecule has 1 aromatic heterocycles. The Balaban J connectivity index is 1.89. The molecule has 7 heteroatoms. The van der Waals surface area contributed by atoms with E-state index in [1.165, 1.54) is 0 Å². The minimum Gasteiger partial charge on any atom is -0.383 e. The number of thiophene rings is 1. The fraction of sp³-hybridized carbons (Fsp3) is 0.500. The molecular formula is C22H33N3O3S. The van der Waals surface area contributed by atoms with Crippen molar-refractivity contribution >= 4 is 17.3 Å². The predicted octanol–water partition coefficient (Wildman–Crippen LogP) is 3.26. The predicted molar refractivity (Wildman–Crippen MR) is 119 cm³/mol. The molecule has 6 nitrogen and oxygen atoms in total. The van der Waals surface area contributed by atoms with Crippen molar-refractivity contribution in [1.82, 2.24) is 10.6 Å². The molecule has 0 aliphatic heterocycles. The molecular weight excluding hydrogens is 386 g/mol. The topological polar surface area (TPSA) is 75.1 Å². The SMILES string of the molecule is CCNC(=NCc1cccc(COCCOCC)c1)NCC(C)(O)c1cccs1. The molecule has 160 valence electrons. The molecule has 0 aliphatic carbocycles. The van der Waals surface area contributed by atoms with Crippen LogP contribution in [0.4, 0.5) is 0 Å². The van der Waals surface area contributed by atoms with E-state index in [1.807, 2.05) is 44.4 Å². The standard InChI is InChI=1S/C22H33N3O3S/c1-4-23-21(25-17-22(3,26)20-10-7-13-29-20)24-15-18-8-6-9-19(14-18)16-28-12-11-27-5-2/h6-10,13-14,26H,4-5,11-12,15-17H2,1-3H3,(H2,23,24,25). The van der Waals surface area contributed by atoms with E-state index in [9.17, 15) is 5.11 Å². The summed E-state index contributed by atoms with van der Waals surface area (Å²) >= 11 is 1.55. The van der Waals surface area contributed by atoms with Gasteiger partial charge in [0.2, 0.25) is 0 Å². The minimum absolute atomic E-state index is 0.382. The van der Waals surface area contributed by atoms with Gasteiger partial charge in [0.15, 0.2) is 5.96 Å². The summed E-state index contributed by atoms with van der Waals surface area (Å²) in [6.45, 7) is 9.97. The average Bonchev–Trinajstić information content (AvgIpc) is 3.26. The van der Waals surface area contributed by atoms with Crippen molar-refractivity contribution in [3.05, 3.63) is 57.8 Å². The highest BCUT2D eigenvalue weighted by atomic mass is 32.1. The molecule has 0 amide bonds. The van der Waals surface area contributed by atoms with Crippen molar-refractivity contribution in [2.75, 3.05) is 32.9 Å². The van der Waals surface area contributed by atoms with E-state index in [1.54, 1.807) is 11.3 Å². The van der Waals surface area contributed by atoms with Gasteiger partial charge in [-0.25, -0.2) is 4.99 Å². The summed E-state index contributed by atoms with van der Waals surface area (Å²) in [6, 6.07) is 12.1. The number of hydrogen-bond acceptors (Lipinski definition) is 5. The van der Waals surface area contributed by atoms with Crippen LogP contribution in [0.5, 0.6) is 0 Å². The van der Waals surface area contributed by atoms with Crippen LogP contribution in [0.15, 0.2) is 46.8 Å². The third-order valence-corrected chi connectivity index (χ3v) is 5.38. The molecule has 0 aliphatic rings. The number of aliphatic imine (C=N–C) groups is 1. The summed E-state index contributed by atoms with van der Waals surface area (Å²) in [5.74, 6) is 0.683. The third-order valence-electron chi connectivity index (χ3n) is 4.25. The Kier molecular flexibility index (Phi) is 10.1. The smallest absolute Gasteiger partial charge is 0.191 e. The minimum atomic E-state index is -0.941. The number of benzene rings is 1. The summed E-state index contributed by atoms with van der Waals surface area (Å²) in [5.41, 5.74) is 1.29. The second kappa shape index (κ2) is 12.6. The van der Waals surface area contributed by atoms with E-state index < -0.39 is 5.60 Å². The lowest BCUT2D eigenvalue weighted by atomic mass is 10.1. The first-order chi connectivity index (χ1) is 14.0. The zero-order valence-corrected chi connectivity index (χ0v) is 18.4. The fourth-order valence-electron chi connectivity index (χ4n) is 2.71. The maximum absolute atomic E-state index is 10.7. The van der Waals surface area contributed by atoms with E-state index in [2.05, 4.69) is 33.8 Å².